The van der Waals surface area contributed by atoms with Crippen LogP contribution in [0.4, 0.5) is 0 Å². The minimum Gasteiger partial charge on any atom is -0.390 e. The van der Waals surface area contributed by atoms with E-state index < -0.39 is 0 Å². The highest BCUT2D eigenvalue weighted by molar-refractivity contribution is 5.28. The SMILES string of the molecule is Cc1ccccc1[C@@H](C)NCC(O)CN1CCOCC1. The van der Waals surface area contributed by atoms with Gasteiger partial charge in [0.2, 0.25) is 0 Å². The number of nitrogens with zero attached hydrogens (tertiary/aromatic N) is 1. The molecule has 1 aromatic rings. The van der Waals surface area contributed by atoms with E-state index in [1.165, 1.54) is 11.1 Å². The standard InChI is InChI=1S/C16H26N2O2/c1-13-5-3-4-6-16(13)14(2)17-11-15(19)12-18-7-9-20-10-8-18/h3-6,14-15,17,19H,7-12H2,1-2H3/t14-,15?/m1/s1. The van der Waals surface area contributed by atoms with Gasteiger partial charge in [-0.2, -0.15) is 0 Å². The third-order valence-electron chi connectivity index (χ3n) is 3.89. The molecule has 1 aromatic carbocycles. The summed E-state index contributed by atoms with van der Waals surface area (Å²) in [6.45, 7) is 9.00. The van der Waals surface area contributed by atoms with Crippen LogP contribution in [0.1, 0.15) is 24.1 Å². The number of β-amino-alcohol motifs (C(OH)–C–C–N with tert-alkyl or cyclic N) is 1. The van der Waals surface area contributed by atoms with E-state index in [-0.39, 0.29) is 12.1 Å². The van der Waals surface area contributed by atoms with E-state index >= 15 is 0 Å². The quantitative estimate of drug-likeness (QED) is 0.824. The molecule has 0 bridgehead atoms. The van der Waals surface area contributed by atoms with E-state index in [2.05, 4.69) is 48.3 Å². The molecule has 0 radical (unpaired) electrons. The molecule has 20 heavy (non-hydrogen) atoms. The van der Waals surface area contributed by atoms with Gasteiger partial charge in [0.05, 0.1) is 19.3 Å². The van der Waals surface area contributed by atoms with Crippen molar-refractivity contribution in [3.05, 3.63) is 35.4 Å². The molecule has 4 heteroatoms. The lowest BCUT2D eigenvalue weighted by Gasteiger charge is -2.29. The molecule has 4 nitrogen and oxygen atoms in total. The maximum Gasteiger partial charge on any atom is 0.0791 e. The van der Waals surface area contributed by atoms with Crippen molar-refractivity contribution in [1.82, 2.24) is 10.2 Å². The summed E-state index contributed by atoms with van der Waals surface area (Å²) in [5, 5.41) is 13.5. The van der Waals surface area contributed by atoms with Crippen molar-refractivity contribution in [3.63, 3.8) is 0 Å². The molecule has 0 aliphatic carbocycles. The maximum absolute atomic E-state index is 10.1. The highest BCUT2D eigenvalue weighted by Gasteiger charge is 2.16. The van der Waals surface area contributed by atoms with E-state index in [1.807, 2.05) is 0 Å². The summed E-state index contributed by atoms with van der Waals surface area (Å²) >= 11 is 0. The maximum atomic E-state index is 10.1. The van der Waals surface area contributed by atoms with Gasteiger partial charge in [-0.1, -0.05) is 24.3 Å². The smallest absolute Gasteiger partial charge is 0.0791 e. The lowest BCUT2D eigenvalue weighted by Crippen LogP contribution is -2.44. The number of hydrogen-bond acceptors (Lipinski definition) is 4. The Hall–Kier alpha value is -0.940. The van der Waals surface area contributed by atoms with Crippen molar-refractivity contribution >= 4 is 0 Å². The Morgan fingerprint density at radius 3 is 2.70 bits per heavy atom. The van der Waals surface area contributed by atoms with E-state index in [1.54, 1.807) is 0 Å². The molecule has 1 aliphatic rings. The first kappa shape index (κ1) is 15.4. The Morgan fingerprint density at radius 2 is 2.00 bits per heavy atom. The third-order valence-corrected chi connectivity index (χ3v) is 3.89. The summed E-state index contributed by atoms with van der Waals surface area (Å²) in [6.07, 6.45) is -0.334. The number of aliphatic hydroxyl groups excluding tert-OH is 1. The van der Waals surface area contributed by atoms with Gasteiger partial charge in [0.15, 0.2) is 0 Å². The van der Waals surface area contributed by atoms with Crippen LogP contribution in [0, 0.1) is 6.92 Å². The van der Waals surface area contributed by atoms with Crippen LogP contribution in [0.5, 0.6) is 0 Å². The topological polar surface area (TPSA) is 44.7 Å². The van der Waals surface area contributed by atoms with Crippen LogP contribution in [0.3, 0.4) is 0 Å². The number of ether oxygens (including phenoxy) is 1. The van der Waals surface area contributed by atoms with Gasteiger partial charge in [-0.25, -0.2) is 0 Å². The molecule has 2 N–H and O–H groups in total. The summed E-state index contributed by atoms with van der Waals surface area (Å²) < 4.78 is 5.31. The normalized spacial score (nSPS) is 19.8. The molecule has 0 amide bonds. The Morgan fingerprint density at radius 1 is 1.30 bits per heavy atom. The first-order valence-corrected chi connectivity index (χ1v) is 7.44. The molecular formula is C16H26N2O2. The summed E-state index contributed by atoms with van der Waals surface area (Å²) in [4.78, 5) is 2.26. The minimum atomic E-state index is -0.334. The number of hydrogen-bond donors (Lipinski definition) is 2. The molecule has 1 fully saturated rings. The fraction of sp³-hybridized carbons (Fsp3) is 0.625. The van der Waals surface area contributed by atoms with Gasteiger partial charge in [-0.15, -0.1) is 0 Å². The fourth-order valence-electron chi connectivity index (χ4n) is 2.64. The summed E-state index contributed by atoms with van der Waals surface area (Å²) in [5.74, 6) is 0. The molecule has 1 unspecified atom stereocenters. The summed E-state index contributed by atoms with van der Waals surface area (Å²) in [6, 6.07) is 8.64. The highest BCUT2D eigenvalue weighted by atomic mass is 16.5. The van der Waals surface area contributed by atoms with Gasteiger partial charge in [0.1, 0.15) is 0 Å². The summed E-state index contributed by atoms with van der Waals surface area (Å²) in [7, 11) is 0. The third kappa shape index (κ3) is 4.56. The van der Waals surface area contributed by atoms with Crippen LogP contribution < -0.4 is 5.32 Å². The van der Waals surface area contributed by atoms with Crippen molar-refractivity contribution in [2.75, 3.05) is 39.4 Å². The number of aliphatic hydroxyl groups is 1. The average Bonchev–Trinajstić information content (AvgIpc) is 2.46. The van der Waals surface area contributed by atoms with Gasteiger partial charge in [-0.3, -0.25) is 4.90 Å². The number of rotatable bonds is 6. The monoisotopic (exact) mass is 278 g/mol. The predicted octanol–water partition coefficient (Wildman–Crippen LogP) is 1.34. The zero-order valence-corrected chi connectivity index (χ0v) is 12.5. The molecule has 1 aliphatic heterocycles. The van der Waals surface area contributed by atoms with Gasteiger partial charge >= 0.3 is 0 Å². The molecule has 1 heterocycles. The lowest BCUT2D eigenvalue weighted by molar-refractivity contribution is 0.0145. The molecular weight excluding hydrogens is 252 g/mol. The summed E-state index contributed by atoms with van der Waals surface area (Å²) in [5.41, 5.74) is 2.58. The molecule has 112 valence electrons. The molecule has 0 aromatic heterocycles. The second-order valence-corrected chi connectivity index (χ2v) is 5.55. The number of benzene rings is 1. The van der Waals surface area contributed by atoms with Crippen LogP contribution in [0.2, 0.25) is 0 Å². The predicted molar refractivity (Wildman–Crippen MR) is 80.9 cm³/mol. The van der Waals surface area contributed by atoms with Gasteiger partial charge in [0.25, 0.3) is 0 Å². The van der Waals surface area contributed by atoms with Crippen LogP contribution in [0.15, 0.2) is 24.3 Å². The lowest BCUT2D eigenvalue weighted by atomic mass is 10.0. The second kappa shape index (κ2) is 7.74. The second-order valence-electron chi connectivity index (χ2n) is 5.55. The van der Waals surface area contributed by atoms with Crippen molar-refractivity contribution in [3.8, 4) is 0 Å². The fourth-order valence-corrected chi connectivity index (χ4v) is 2.64. The molecule has 0 saturated carbocycles. The van der Waals surface area contributed by atoms with Gasteiger partial charge in [0, 0.05) is 32.2 Å². The van der Waals surface area contributed by atoms with Crippen molar-refractivity contribution in [2.45, 2.75) is 26.0 Å². The Balaban J connectivity index is 1.75. The van der Waals surface area contributed by atoms with E-state index in [0.717, 1.165) is 32.8 Å². The number of nitrogens with one attached hydrogen (secondary N) is 1. The molecule has 2 rings (SSSR count). The highest BCUT2D eigenvalue weighted by Crippen LogP contribution is 2.16. The van der Waals surface area contributed by atoms with Gasteiger partial charge < -0.3 is 15.2 Å². The van der Waals surface area contributed by atoms with Crippen molar-refractivity contribution < 1.29 is 9.84 Å². The van der Waals surface area contributed by atoms with E-state index in [0.29, 0.717) is 6.54 Å². The average molecular weight is 278 g/mol. The Labute approximate surface area is 121 Å². The van der Waals surface area contributed by atoms with Crippen LogP contribution in [-0.2, 0) is 4.74 Å². The Kier molecular flexibility index (Phi) is 5.98. The molecule has 0 spiro atoms. The first-order chi connectivity index (χ1) is 9.66. The van der Waals surface area contributed by atoms with Crippen molar-refractivity contribution in [1.29, 1.82) is 0 Å². The van der Waals surface area contributed by atoms with E-state index in [9.17, 15) is 5.11 Å². The minimum absolute atomic E-state index is 0.260. The van der Waals surface area contributed by atoms with Crippen LogP contribution >= 0.6 is 0 Å². The Bertz CT molecular complexity index is 405. The van der Waals surface area contributed by atoms with Gasteiger partial charge in [-0.05, 0) is 25.0 Å². The van der Waals surface area contributed by atoms with Crippen LogP contribution in [0.25, 0.3) is 0 Å². The van der Waals surface area contributed by atoms with Crippen molar-refractivity contribution in [2.24, 2.45) is 0 Å². The largest absolute Gasteiger partial charge is 0.390 e. The zero-order chi connectivity index (χ0) is 14.4. The van der Waals surface area contributed by atoms with E-state index in [4.69, 9.17) is 4.74 Å². The molecule has 1 saturated heterocycles. The molecule has 2 atom stereocenters. The number of morpholine rings is 1. The van der Waals surface area contributed by atoms with Crippen LogP contribution in [-0.4, -0.2) is 55.5 Å². The number of aryl methyl sites for hydroxylation is 1. The first-order valence-electron chi connectivity index (χ1n) is 7.44. The zero-order valence-electron chi connectivity index (χ0n) is 12.5.